The monoisotopic (exact) mass is 293 g/mol. The molecule has 3 rings (SSSR count). The third kappa shape index (κ3) is 2.16. The number of rotatable bonds is 3. The minimum Gasteiger partial charge on any atom is -0.396 e. The van der Waals surface area contributed by atoms with E-state index in [0.29, 0.717) is 23.3 Å². The Morgan fingerprint density at radius 3 is 2.76 bits per heavy atom. The number of aliphatic hydroxyl groups excluding tert-OH is 3. The molecule has 0 aliphatic heterocycles. The second-order valence-electron chi connectivity index (χ2n) is 5.54. The molecule has 0 bridgehead atoms. The Bertz CT molecular complexity index is 644. The lowest BCUT2D eigenvalue weighted by atomic mass is 9.96. The average molecular weight is 293 g/mol. The molecule has 2 heterocycles. The highest BCUT2D eigenvalue weighted by molar-refractivity contribution is 5.88. The number of aromatic nitrogens is 3. The first-order chi connectivity index (χ1) is 10.0. The van der Waals surface area contributed by atoms with Crippen LogP contribution < -0.4 is 10.9 Å². The molecule has 21 heavy (non-hydrogen) atoms. The summed E-state index contributed by atoms with van der Waals surface area (Å²) >= 11 is 0. The van der Waals surface area contributed by atoms with Crippen molar-refractivity contribution in [1.29, 1.82) is 0 Å². The van der Waals surface area contributed by atoms with Crippen molar-refractivity contribution in [3.63, 3.8) is 0 Å². The van der Waals surface area contributed by atoms with Gasteiger partial charge in [0.05, 0.1) is 17.7 Å². The molecule has 1 aliphatic rings. The van der Waals surface area contributed by atoms with E-state index in [4.69, 9.17) is 5.84 Å². The van der Waals surface area contributed by atoms with Crippen molar-refractivity contribution in [2.24, 2.45) is 11.8 Å². The summed E-state index contributed by atoms with van der Waals surface area (Å²) in [5.74, 6) is 5.68. The summed E-state index contributed by atoms with van der Waals surface area (Å²) in [5, 5.41) is 30.8. The van der Waals surface area contributed by atoms with Crippen LogP contribution in [-0.4, -0.2) is 56.1 Å². The fraction of sp³-hybridized carbons (Fsp3) is 0.538. The molecule has 0 spiro atoms. The van der Waals surface area contributed by atoms with E-state index in [1.54, 1.807) is 13.2 Å². The molecule has 0 unspecified atom stereocenters. The van der Waals surface area contributed by atoms with Gasteiger partial charge in [0.1, 0.15) is 11.8 Å². The highest BCUT2D eigenvalue weighted by Crippen LogP contribution is 2.41. The maximum Gasteiger partial charge on any atom is 0.170 e. The number of anilines is 1. The Morgan fingerprint density at radius 1 is 1.38 bits per heavy atom. The van der Waals surface area contributed by atoms with Crippen LogP contribution in [0.2, 0.25) is 0 Å². The van der Waals surface area contributed by atoms with Gasteiger partial charge in [-0.1, -0.05) is 0 Å². The van der Waals surface area contributed by atoms with Gasteiger partial charge in [-0.05, 0) is 6.42 Å². The molecule has 6 N–H and O–H groups in total. The van der Waals surface area contributed by atoms with Crippen molar-refractivity contribution in [2.45, 2.75) is 24.5 Å². The number of aromatic amines is 1. The molecular weight excluding hydrogens is 274 g/mol. The van der Waals surface area contributed by atoms with E-state index in [1.807, 2.05) is 0 Å². The summed E-state index contributed by atoms with van der Waals surface area (Å²) in [6.45, 7) is -0.150. The maximum atomic E-state index is 10.2. The molecule has 1 aliphatic carbocycles. The predicted molar refractivity (Wildman–Crippen MR) is 76.4 cm³/mol. The van der Waals surface area contributed by atoms with E-state index in [0.717, 1.165) is 5.56 Å². The Kier molecular flexibility index (Phi) is 3.54. The topological polar surface area (TPSA) is 132 Å². The molecule has 8 heteroatoms. The smallest absolute Gasteiger partial charge is 0.170 e. The fourth-order valence-electron chi connectivity index (χ4n) is 3.11. The van der Waals surface area contributed by atoms with Crippen molar-refractivity contribution in [1.82, 2.24) is 15.0 Å². The van der Waals surface area contributed by atoms with Crippen LogP contribution >= 0.6 is 0 Å². The number of hydrogen-bond acceptors (Lipinski definition) is 7. The van der Waals surface area contributed by atoms with Gasteiger partial charge in [0.2, 0.25) is 0 Å². The number of nitrogens with zero attached hydrogens (tertiary/aromatic N) is 3. The second kappa shape index (κ2) is 5.23. The zero-order valence-corrected chi connectivity index (χ0v) is 11.6. The first-order valence-electron chi connectivity index (χ1n) is 6.82. The highest BCUT2D eigenvalue weighted by Gasteiger charge is 2.42. The Labute approximate surface area is 121 Å². The van der Waals surface area contributed by atoms with Gasteiger partial charge in [-0.3, -0.25) is 5.01 Å². The second-order valence-corrected chi connectivity index (χ2v) is 5.54. The van der Waals surface area contributed by atoms with E-state index >= 15 is 0 Å². The van der Waals surface area contributed by atoms with Gasteiger partial charge in [0.25, 0.3) is 0 Å². The van der Waals surface area contributed by atoms with E-state index in [1.165, 1.54) is 11.3 Å². The standard InChI is InChI=1S/C13H19N5O3/c1-18(14)13-10-9(16-5-17-13)8(3-15-10)7-2-6(4-19)11(20)12(7)21/h3,5-7,11-12,15,19-21H,2,4,14H2,1H3/t6-,7+,11-,12+/m1/s1. The van der Waals surface area contributed by atoms with Gasteiger partial charge in [-0.25, -0.2) is 15.8 Å². The van der Waals surface area contributed by atoms with Crippen LogP contribution in [0.4, 0.5) is 5.82 Å². The van der Waals surface area contributed by atoms with E-state index in [-0.39, 0.29) is 18.4 Å². The zero-order chi connectivity index (χ0) is 15.1. The number of hydrazine groups is 1. The van der Waals surface area contributed by atoms with E-state index < -0.39 is 12.2 Å². The third-order valence-electron chi connectivity index (χ3n) is 4.24. The minimum absolute atomic E-state index is 0.150. The molecule has 4 atom stereocenters. The summed E-state index contributed by atoms with van der Waals surface area (Å²) in [7, 11) is 1.68. The number of nitrogens with two attached hydrogens (primary N) is 1. The number of hydrogen-bond donors (Lipinski definition) is 5. The quantitative estimate of drug-likeness (QED) is 0.365. The van der Waals surface area contributed by atoms with Crippen LogP contribution in [0, 0.1) is 5.92 Å². The molecule has 0 radical (unpaired) electrons. The fourth-order valence-corrected chi connectivity index (χ4v) is 3.11. The van der Waals surface area contributed by atoms with Crippen molar-refractivity contribution < 1.29 is 15.3 Å². The zero-order valence-electron chi connectivity index (χ0n) is 11.6. The Morgan fingerprint density at radius 2 is 2.14 bits per heavy atom. The third-order valence-corrected chi connectivity index (χ3v) is 4.24. The average Bonchev–Trinajstić information content (AvgIpc) is 3.01. The van der Waals surface area contributed by atoms with Crippen molar-refractivity contribution >= 4 is 16.9 Å². The summed E-state index contributed by atoms with van der Waals surface area (Å²) in [6, 6.07) is 0. The molecule has 2 aromatic heterocycles. The lowest BCUT2D eigenvalue weighted by molar-refractivity contribution is 0.00241. The number of aliphatic hydroxyl groups is 3. The molecule has 2 aromatic rings. The van der Waals surface area contributed by atoms with Crippen LogP contribution in [-0.2, 0) is 0 Å². The summed E-state index contributed by atoms with van der Waals surface area (Å²) in [4.78, 5) is 11.5. The van der Waals surface area contributed by atoms with Crippen molar-refractivity contribution in [3.8, 4) is 0 Å². The van der Waals surface area contributed by atoms with Gasteiger partial charge in [0, 0.05) is 37.3 Å². The minimum atomic E-state index is -0.927. The molecule has 1 saturated carbocycles. The summed E-state index contributed by atoms with van der Waals surface area (Å²) in [5.41, 5.74) is 2.16. The highest BCUT2D eigenvalue weighted by atomic mass is 16.3. The SMILES string of the molecule is CN(N)c1ncnc2c([C@@H]3C[C@H](CO)[C@@H](O)[C@H]3O)c[nH]c12. The van der Waals surface area contributed by atoms with Crippen LogP contribution in [0.15, 0.2) is 12.5 Å². The first-order valence-corrected chi connectivity index (χ1v) is 6.82. The van der Waals surface area contributed by atoms with E-state index in [9.17, 15) is 15.3 Å². The Hall–Kier alpha value is -1.74. The molecule has 0 saturated heterocycles. The van der Waals surface area contributed by atoms with Gasteiger partial charge in [-0.2, -0.15) is 0 Å². The number of H-pyrrole nitrogens is 1. The molecular formula is C13H19N5O3. The van der Waals surface area contributed by atoms with Crippen molar-refractivity contribution in [2.75, 3.05) is 18.7 Å². The first kappa shape index (κ1) is 14.2. The molecule has 114 valence electrons. The lowest BCUT2D eigenvalue weighted by Crippen LogP contribution is -2.28. The van der Waals surface area contributed by atoms with Gasteiger partial charge in [0.15, 0.2) is 5.82 Å². The molecule has 0 amide bonds. The Balaban J connectivity index is 2.04. The van der Waals surface area contributed by atoms with Crippen LogP contribution in [0.25, 0.3) is 11.0 Å². The van der Waals surface area contributed by atoms with Crippen LogP contribution in [0.3, 0.4) is 0 Å². The summed E-state index contributed by atoms with van der Waals surface area (Å²) < 4.78 is 0. The normalized spacial score (nSPS) is 29.2. The van der Waals surface area contributed by atoms with Gasteiger partial charge in [-0.15, -0.1) is 0 Å². The number of fused-ring (bicyclic) bond motifs is 1. The van der Waals surface area contributed by atoms with Gasteiger partial charge < -0.3 is 20.3 Å². The number of nitrogens with one attached hydrogen (secondary N) is 1. The van der Waals surface area contributed by atoms with Gasteiger partial charge >= 0.3 is 0 Å². The molecule has 8 nitrogen and oxygen atoms in total. The largest absolute Gasteiger partial charge is 0.396 e. The lowest BCUT2D eigenvalue weighted by Gasteiger charge is -2.16. The van der Waals surface area contributed by atoms with E-state index in [2.05, 4.69) is 15.0 Å². The molecule has 0 aromatic carbocycles. The predicted octanol–water partition coefficient (Wildman–Crippen LogP) is -0.915. The van der Waals surface area contributed by atoms with Crippen molar-refractivity contribution in [3.05, 3.63) is 18.1 Å². The summed E-state index contributed by atoms with van der Waals surface area (Å²) in [6.07, 6.45) is 1.83. The van der Waals surface area contributed by atoms with Crippen LogP contribution in [0.5, 0.6) is 0 Å². The van der Waals surface area contributed by atoms with Crippen LogP contribution in [0.1, 0.15) is 17.9 Å². The molecule has 1 fully saturated rings. The maximum absolute atomic E-state index is 10.2.